The van der Waals surface area contributed by atoms with Gasteiger partial charge < -0.3 is 20.4 Å². The highest BCUT2D eigenvalue weighted by atomic mass is 32.1. The molecule has 3 aromatic heterocycles. The van der Waals surface area contributed by atoms with Crippen LogP contribution in [-0.2, 0) is 0 Å². The van der Waals surface area contributed by atoms with E-state index in [1.165, 1.54) is 16.2 Å². The molecular weight excluding hydrogens is 470 g/mol. The van der Waals surface area contributed by atoms with Crippen LogP contribution in [0, 0.1) is 0 Å². The Morgan fingerprint density at radius 1 is 1.20 bits per heavy atom. The summed E-state index contributed by atoms with van der Waals surface area (Å²) in [7, 11) is 3.37. The van der Waals surface area contributed by atoms with E-state index in [0.717, 1.165) is 47.5 Å². The minimum absolute atomic E-state index is 0.0908. The van der Waals surface area contributed by atoms with Gasteiger partial charge in [0.15, 0.2) is 0 Å². The number of hydrogen-bond donors (Lipinski definition) is 2. The molecule has 1 saturated heterocycles. The number of alkyl halides is 2. The number of aromatic nitrogens is 2. The average Bonchev–Trinajstić information content (AvgIpc) is 3.22. The first-order chi connectivity index (χ1) is 16.8. The molecule has 1 aliphatic heterocycles. The van der Waals surface area contributed by atoms with Gasteiger partial charge in [0.25, 0.3) is 5.91 Å². The van der Waals surface area contributed by atoms with E-state index in [-0.39, 0.29) is 24.7 Å². The molecule has 10 heteroatoms. The van der Waals surface area contributed by atoms with E-state index >= 15 is 0 Å². The van der Waals surface area contributed by atoms with Crippen LogP contribution in [0.2, 0.25) is 0 Å². The number of fused-ring (bicyclic) bond motifs is 1. The van der Waals surface area contributed by atoms with Gasteiger partial charge in [-0.05, 0) is 42.5 Å². The molecule has 5 rings (SSSR count). The molecule has 3 aromatic rings. The predicted octanol–water partition coefficient (Wildman–Crippen LogP) is 4.84. The van der Waals surface area contributed by atoms with Gasteiger partial charge in [-0.1, -0.05) is 0 Å². The lowest BCUT2D eigenvalue weighted by molar-refractivity contribution is -0.0407. The van der Waals surface area contributed by atoms with Crippen LogP contribution < -0.4 is 15.5 Å². The molecule has 2 fully saturated rings. The molecule has 0 bridgehead atoms. The maximum absolute atomic E-state index is 14.3. The van der Waals surface area contributed by atoms with Crippen molar-refractivity contribution in [1.82, 2.24) is 20.2 Å². The number of nitrogens with one attached hydrogen (secondary N) is 2. The summed E-state index contributed by atoms with van der Waals surface area (Å²) in [4.78, 5) is 26.4. The van der Waals surface area contributed by atoms with Gasteiger partial charge in [-0.25, -0.2) is 18.7 Å². The van der Waals surface area contributed by atoms with Crippen molar-refractivity contribution < 1.29 is 13.6 Å². The van der Waals surface area contributed by atoms with Gasteiger partial charge in [-0.2, -0.15) is 0 Å². The molecular formula is C25H30F2N6OS. The fourth-order valence-electron chi connectivity index (χ4n) is 4.98. The molecule has 1 atom stereocenters. The zero-order valence-electron chi connectivity index (χ0n) is 20.0. The maximum Gasteiger partial charge on any atom is 0.263 e. The SMILES string of the molecule is CN(C)C(=O)c1sc2cnc(Nc3ccc(N4CCNCC4)cn3)cc2c1C1CCCC(F)(F)C1. The normalized spacial score (nSPS) is 20.1. The fourth-order valence-corrected chi connectivity index (χ4v) is 6.24. The summed E-state index contributed by atoms with van der Waals surface area (Å²) in [5.74, 6) is -2.00. The number of nitrogens with zero attached hydrogens (tertiary/aromatic N) is 4. The van der Waals surface area contributed by atoms with Gasteiger partial charge in [0.05, 0.1) is 21.5 Å². The number of anilines is 3. The Balaban J connectivity index is 1.46. The highest BCUT2D eigenvalue weighted by Gasteiger charge is 2.39. The Kier molecular flexibility index (Phi) is 6.59. The summed E-state index contributed by atoms with van der Waals surface area (Å²) in [6.45, 7) is 3.81. The summed E-state index contributed by atoms with van der Waals surface area (Å²) >= 11 is 1.33. The second-order valence-electron chi connectivity index (χ2n) is 9.52. The topological polar surface area (TPSA) is 73.4 Å². The quantitative estimate of drug-likeness (QED) is 0.522. The van der Waals surface area contributed by atoms with E-state index in [9.17, 15) is 13.6 Å². The van der Waals surface area contributed by atoms with Crippen LogP contribution in [0.15, 0.2) is 30.6 Å². The number of thiophene rings is 1. The van der Waals surface area contributed by atoms with Crippen LogP contribution in [0.1, 0.15) is 46.8 Å². The van der Waals surface area contributed by atoms with Gasteiger partial charge in [0.1, 0.15) is 11.6 Å². The summed E-state index contributed by atoms with van der Waals surface area (Å²) in [6, 6.07) is 5.82. The largest absolute Gasteiger partial charge is 0.368 e. The molecule has 0 spiro atoms. The predicted molar refractivity (Wildman–Crippen MR) is 136 cm³/mol. The van der Waals surface area contributed by atoms with E-state index in [2.05, 4.69) is 25.5 Å². The van der Waals surface area contributed by atoms with Crippen LogP contribution in [0.4, 0.5) is 26.1 Å². The molecule has 35 heavy (non-hydrogen) atoms. The average molecular weight is 501 g/mol. The highest BCUT2D eigenvalue weighted by Crippen LogP contribution is 2.47. The van der Waals surface area contributed by atoms with Crippen molar-refractivity contribution in [2.75, 3.05) is 50.5 Å². The molecule has 1 amide bonds. The molecule has 186 valence electrons. The van der Waals surface area contributed by atoms with Gasteiger partial charge in [-0.3, -0.25) is 4.79 Å². The maximum atomic E-state index is 14.3. The first-order valence-corrected chi connectivity index (χ1v) is 12.8. The second-order valence-corrected chi connectivity index (χ2v) is 10.6. The molecule has 4 heterocycles. The zero-order valence-corrected chi connectivity index (χ0v) is 20.8. The summed E-state index contributed by atoms with van der Waals surface area (Å²) in [5, 5.41) is 7.40. The van der Waals surface area contributed by atoms with Gasteiger partial charge in [0.2, 0.25) is 5.92 Å². The molecule has 2 aliphatic rings. The lowest BCUT2D eigenvalue weighted by Gasteiger charge is -2.29. The number of carbonyl (C=O) groups excluding carboxylic acids is 1. The summed E-state index contributed by atoms with van der Waals surface area (Å²) < 4.78 is 29.5. The molecule has 2 N–H and O–H groups in total. The van der Waals surface area contributed by atoms with E-state index in [1.54, 1.807) is 20.3 Å². The zero-order chi connectivity index (χ0) is 24.6. The third-order valence-electron chi connectivity index (χ3n) is 6.75. The van der Waals surface area contributed by atoms with Crippen molar-refractivity contribution in [3.05, 3.63) is 41.0 Å². The molecule has 7 nitrogen and oxygen atoms in total. The number of pyridine rings is 2. The minimum atomic E-state index is -2.71. The van der Waals surface area contributed by atoms with E-state index in [4.69, 9.17) is 0 Å². The van der Waals surface area contributed by atoms with Gasteiger partial charge in [0, 0.05) is 64.7 Å². The van der Waals surface area contributed by atoms with Crippen LogP contribution in [-0.4, -0.2) is 67.0 Å². The summed E-state index contributed by atoms with van der Waals surface area (Å²) in [6.07, 6.45) is 4.34. The second kappa shape index (κ2) is 9.66. The van der Waals surface area contributed by atoms with Crippen LogP contribution >= 0.6 is 11.3 Å². The van der Waals surface area contributed by atoms with Crippen molar-refractivity contribution in [3.63, 3.8) is 0 Å². The molecule has 0 aromatic carbocycles. The van der Waals surface area contributed by atoms with Crippen LogP contribution in [0.5, 0.6) is 0 Å². The van der Waals surface area contributed by atoms with E-state index in [1.807, 2.05) is 24.4 Å². The molecule has 1 aliphatic carbocycles. The third-order valence-corrected chi connectivity index (χ3v) is 7.89. The summed E-state index contributed by atoms with van der Waals surface area (Å²) in [5.41, 5.74) is 1.81. The first kappa shape index (κ1) is 23.9. The van der Waals surface area contributed by atoms with Crippen molar-refractivity contribution in [2.45, 2.75) is 37.5 Å². The van der Waals surface area contributed by atoms with Crippen molar-refractivity contribution in [3.8, 4) is 0 Å². The first-order valence-electron chi connectivity index (χ1n) is 12.0. The molecule has 1 saturated carbocycles. The van der Waals surface area contributed by atoms with Crippen molar-refractivity contribution >= 4 is 44.7 Å². The minimum Gasteiger partial charge on any atom is -0.368 e. The lowest BCUT2D eigenvalue weighted by Crippen LogP contribution is -2.43. The Hall–Kier alpha value is -2.85. The van der Waals surface area contributed by atoms with E-state index < -0.39 is 5.92 Å². The Morgan fingerprint density at radius 3 is 2.66 bits per heavy atom. The van der Waals surface area contributed by atoms with Crippen molar-refractivity contribution in [1.29, 1.82) is 0 Å². The monoisotopic (exact) mass is 500 g/mol. The molecule has 0 radical (unpaired) electrons. The van der Waals surface area contributed by atoms with Gasteiger partial charge in [-0.15, -0.1) is 11.3 Å². The standard InChI is InChI=1S/C25H30F2N6OS/c1-32(2)24(34)23-22(16-4-3-7-25(26,27)13-16)18-12-21(30-15-19(18)35-23)31-20-6-5-17(14-29-20)33-10-8-28-9-11-33/h5-6,12,14-16,28H,3-4,7-11,13H2,1-2H3,(H,29,30,31). The van der Waals surface area contributed by atoms with Crippen LogP contribution in [0.3, 0.4) is 0 Å². The number of amides is 1. The smallest absolute Gasteiger partial charge is 0.263 e. The lowest BCUT2D eigenvalue weighted by atomic mass is 9.81. The fraction of sp³-hybridized carbons (Fsp3) is 0.480. The Labute approximate surface area is 207 Å². The third kappa shape index (κ3) is 5.08. The number of rotatable bonds is 5. The van der Waals surface area contributed by atoms with Crippen LogP contribution in [0.25, 0.3) is 10.1 Å². The number of piperazine rings is 1. The van der Waals surface area contributed by atoms with Crippen molar-refractivity contribution in [2.24, 2.45) is 0 Å². The number of hydrogen-bond acceptors (Lipinski definition) is 7. The molecule has 1 unspecified atom stereocenters. The van der Waals surface area contributed by atoms with Gasteiger partial charge >= 0.3 is 0 Å². The highest BCUT2D eigenvalue weighted by molar-refractivity contribution is 7.21. The Bertz CT molecular complexity index is 1210. The Morgan fingerprint density at radius 2 is 1.97 bits per heavy atom. The van der Waals surface area contributed by atoms with E-state index in [0.29, 0.717) is 29.4 Å². The number of halogens is 2. The number of carbonyl (C=O) groups is 1.